The predicted octanol–water partition coefficient (Wildman–Crippen LogP) is -0.0127. The summed E-state index contributed by atoms with van der Waals surface area (Å²) < 4.78 is 4.79. The van der Waals surface area contributed by atoms with Crippen LogP contribution in [-0.2, 0) is 9.53 Å². The van der Waals surface area contributed by atoms with Crippen molar-refractivity contribution in [1.82, 2.24) is 4.90 Å². The Hall–Kier alpha value is -0.870. The number of nitrogens with zero attached hydrogens (tertiary/aromatic N) is 1. The van der Waals surface area contributed by atoms with Crippen LogP contribution in [0.2, 0.25) is 0 Å². The molecule has 0 saturated carbocycles. The molecule has 0 unspecified atom stereocenters. The molecule has 0 spiro atoms. The minimum absolute atomic E-state index is 0.0567. The maximum Gasteiger partial charge on any atom is 0.334 e. The van der Waals surface area contributed by atoms with E-state index in [9.17, 15) is 4.79 Å². The van der Waals surface area contributed by atoms with Gasteiger partial charge >= 0.3 is 5.97 Å². The molecule has 0 saturated heterocycles. The van der Waals surface area contributed by atoms with Crippen molar-refractivity contribution in [1.29, 1.82) is 0 Å². The van der Waals surface area contributed by atoms with Crippen molar-refractivity contribution in [2.24, 2.45) is 0 Å². The van der Waals surface area contributed by atoms with Crippen LogP contribution < -0.4 is 0 Å². The summed E-state index contributed by atoms with van der Waals surface area (Å²) in [5, 5.41) is 8.51. The number of carbonyl (C=O) groups is 1. The summed E-state index contributed by atoms with van der Waals surface area (Å²) in [6.07, 6.45) is 0. The highest BCUT2D eigenvalue weighted by Crippen LogP contribution is 1.92. The van der Waals surface area contributed by atoms with Crippen LogP contribution in [0.3, 0.4) is 0 Å². The van der Waals surface area contributed by atoms with Gasteiger partial charge in [-0.3, -0.25) is 4.90 Å². The van der Waals surface area contributed by atoms with E-state index in [0.717, 1.165) is 0 Å². The van der Waals surface area contributed by atoms with Gasteiger partial charge in [0.2, 0.25) is 0 Å². The average Bonchev–Trinajstić information content (AvgIpc) is 2.00. The molecule has 0 rings (SSSR count). The van der Waals surface area contributed by atoms with Crippen LogP contribution in [0.15, 0.2) is 12.2 Å². The molecule has 0 fully saturated rings. The number of esters is 1. The SMILES string of the molecule is C=C(C)C(=O)OCN(C)CCO. The maximum absolute atomic E-state index is 10.8. The van der Waals surface area contributed by atoms with Gasteiger partial charge in [-0.05, 0) is 14.0 Å². The fraction of sp³-hybridized carbons (Fsp3) is 0.625. The molecule has 0 aliphatic carbocycles. The predicted molar refractivity (Wildman–Crippen MR) is 45.5 cm³/mol. The highest BCUT2D eigenvalue weighted by atomic mass is 16.5. The number of ether oxygens (including phenoxy) is 1. The first-order valence-electron chi connectivity index (χ1n) is 3.70. The second kappa shape index (κ2) is 5.74. The van der Waals surface area contributed by atoms with Crippen molar-refractivity contribution in [3.8, 4) is 0 Å². The van der Waals surface area contributed by atoms with E-state index in [-0.39, 0.29) is 13.3 Å². The summed E-state index contributed by atoms with van der Waals surface area (Å²) in [5.74, 6) is -0.403. The Morgan fingerprint density at radius 1 is 1.67 bits per heavy atom. The van der Waals surface area contributed by atoms with Gasteiger partial charge < -0.3 is 9.84 Å². The van der Waals surface area contributed by atoms with E-state index in [4.69, 9.17) is 9.84 Å². The van der Waals surface area contributed by atoms with Crippen molar-refractivity contribution >= 4 is 5.97 Å². The molecule has 0 amide bonds. The van der Waals surface area contributed by atoms with E-state index < -0.39 is 5.97 Å². The minimum Gasteiger partial charge on any atom is -0.446 e. The zero-order valence-corrected chi connectivity index (χ0v) is 7.54. The van der Waals surface area contributed by atoms with E-state index in [2.05, 4.69) is 6.58 Å². The van der Waals surface area contributed by atoms with Gasteiger partial charge in [-0.25, -0.2) is 4.79 Å². The van der Waals surface area contributed by atoms with Gasteiger partial charge in [0.1, 0.15) is 6.73 Å². The Kier molecular flexibility index (Phi) is 5.32. The first-order chi connectivity index (χ1) is 5.57. The first-order valence-corrected chi connectivity index (χ1v) is 3.70. The zero-order chi connectivity index (χ0) is 9.56. The van der Waals surface area contributed by atoms with E-state index >= 15 is 0 Å². The van der Waals surface area contributed by atoms with Crippen LogP contribution in [0, 0.1) is 0 Å². The maximum atomic E-state index is 10.8. The van der Waals surface area contributed by atoms with Crippen LogP contribution in [0.1, 0.15) is 6.92 Å². The molecule has 0 aliphatic heterocycles. The number of rotatable bonds is 5. The zero-order valence-electron chi connectivity index (χ0n) is 7.54. The van der Waals surface area contributed by atoms with Gasteiger partial charge in [-0.15, -0.1) is 0 Å². The standard InChI is InChI=1S/C8H15NO3/c1-7(2)8(11)12-6-9(3)4-5-10/h10H,1,4-6H2,2-3H3. The summed E-state index contributed by atoms with van der Waals surface area (Å²) >= 11 is 0. The monoisotopic (exact) mass is 173 g/mol. The van der Waals surface area contributed by atoms with E-state index in [1.165, 1.54) is 0 Å². The second-order valence-corrected chi connectivity index (χ2v) is 2.64. The van der Waals surface area contributed by atoms with Crippen molar-refractivity contribution in [3.05, 3.63) is 12.2 Å². The lowest BCUT2D eigenvalue weighted by atomic mass is 10.4. The number of hydrogen-bond acceptors (Lipinski definition) is 4. The second-order valence-electron chi connectivity index (χ2n) is 2.64. The van der Waals surface area contributed by atoms with Crippen molar-refractivity contribution in [2.75, 3.05) is 26.9 Å². The summed E-state index contributed by atoms with van der Waals surface area (Å²) in [5.41, 5.74) is 0.382. The number of likely N-dealkylation sites (N-methyl/N-ethyl adjacent to an activating group) is 1. The molecule has 0 aromatic rings. The Bertz CT molecular complexity index is 168. The highest BCUT2D eigenvalue weighted by Gasteiger charge is 2.04. The van der Waals surface area contributed by atoms with Crippen molar-refractivity contribution in [3.63, 3.8) is 0 Å². The van der Waals surface area contributed by atoms with Gasteiger partial charge in [-0.2, -0.15) is 0 Å². The number of aliphatic hydroxyl groups excluding tert-OH is 1. The van der Waals surface area contributed by atoms with Gasteiger partial charge in [0, 0.05) is 12.1 Å². The molecule has 0 aromatic carbocycles. The van der Waals surface area contributed by atoms with Crippen LogP contribution in [0.4, 0.5) is 0 Å². The molecule has 0 heterocycles. The molecule has 12 heavy (non-hydrogen) atoms. The van der Waals surface area contributed by atoms with E-state index in [0.29, 0.717) is 12.1 Å². The highest BCUT2D eigenvalue weighted by molar-refractivity contribution is 5.86. The fourth-order valence-corrected chi connectivity index (χ4v) is 0.527. The Labute approximate surface area is 72.4 Å². The van der Waals surface area contributed by atoms with Crippen LogP contribution >= 0.6 is 0 Å². The largest absolute Gasteiger partial charge is 0.446 e. The Morgan fingerprint density at radius 3 is 2.67 bits per heavy atom. The summed E-state index contributed by atoms with van der Waals surface area (Å²) in [4.78, 5) is 12.5. The number of hydrogen-bond donors (Lipinski definition) is 1. The Balaban J connectivity index is 3.54. The summed E-state index contributed by atoms with van der Waals surface area (Å²) in [6, 6.07) is 0. The lowest BCUT2D eigenvalue weighted by Crippen LogP contribution is -2.26. The fourth-order valence-electron chi connectivity index (χ4n) is 0.527. The smallest absolute Gasteiger partial charge is 0.334 e. The third-order valence-electron chi connectivity index (χ3n) is 1.25. The number of carbonyl (C=O) groups excluding carboxylic acids is 1. The van der Waals surface area contributed by atoms with E-state index in [1.54, 1.807) is 18.9 Å². The summed E-state index contributed by atoms with van der Waals surface area (Å²) in [6.45, 7) is 5.76. The molecule has 0 aromatic heterocycles. The Morgan fingerprint density at radius 2 is 2.25 bits per heavy atom. The lowest BCUT2D eigenvalue weighted by Gasteiger charge is -2.14. The van der Waals surface area contributed by atoms with Crippen LogP contribution in [0.5, 0.6) is 0 Å². The summed E-state index contributed by atoms with van der Waals surface area (Å²) in [7, 11) is 1.75. The van der Waals surface area contributed by atoms with Gasteiger partial charge in [0.25, 0.3) is 0 Å². The molecule has 4 nitrogen and oxygen atoms in total. The first kappa shape index (κ1) is 11.1. The van der Waals surface area contributed by atoms with E-state index in [1.807, 2.05) is 0 Å². The molecule has 0 aliphatic rings. The molecule has 0 bridgehead atoms. The molecular formula is C8H15NO3. The third kappa shape index (κ3) is 4.87. The van der Waals surface area contributed by atoms with Gasteiger partial charge in [0.15, 0.2) is 0 Å². The van der Waals surface area contributed by atoms with Crippen molar-refractivity contribution in [2.45, 2.75) is 6.92 Å². The molecule has 0 atom stereocenters. The minimum atomic E-state index is -0.403. The van der Waals surface area contributed by atoms with Gasteiger partial charge in [-0.1, -0.05) is 6.58 Å². The molecule has 70 valence electrons. The van der Waals surface area contributed by atoms with Gasteiger partial charge in [0.05, 0.1) is 6.61 Å². The number of aliphatic hydroxyl groups is 1. The average molecular weight is 173 g/mol. The van der Waals surface area contributed by atoms with Crippen LogP contribution in [0.25, 0.3) is 0 Å². The normalized spacial score (nSPS) is 10.0. The lowest BCUT2D eigenvalue weighted by molar-refractivity contribution is -0.143. The third-order valence-corrected chi connectivity index (χ3v) is 1.25. The molecule has 1 N–H and O–H groups in total. The van der Waals surface area contributed by atoms with Crippen molar-refractivity contribution < 1.29 is 14.6 Å². The molecule has 0 radical (unpaired) electrons. The topological polar surface area (TPSA) is 49.8 Å². The molecular weight excluding hydrogens is 158 g/mol. The quantitative estimate of drug-likeness (QED) is 0.361. The van der Waals surface area contributed by atoms with Crippen LogP contribution in [-0.4, -0.2) is 42.9 Å². The molecule has 4 heteroatoms.